The van der Waals surface area contributed by atoms with E-state index in [1.165, 1.54) is 0 Å². The highest BCUT2D eigenvalue weighted by atomic mass is 127. The first kappa shape index (κ1) is 24.1. The maximum absolute atomic E-state index is 12.1. The molecule has 7 heteroatoms. The second-order valence-electron chi connectivity index (χ2n) is 5.79. The number of guanidine groups is 1. The summed E-state index contributed by atoms with van der Waals surface area (Å²) in [4.78, 5) is 18.2. The first-order valence-corrected chi connectivity index (χ1v) is 7.77. The van der Waals surface area contributed by atoms with E-state index in [-0.39, 0.29) is 30.1 Å². The van der Waals surface area contributed by atoms with Crippen molar-refractivity contribution >= 4 is 36.0 Å². The van der Waals surface area contributed by atoms with Gasteiger partial charge in [-0.2, -0.15) is 0 Å². The van der Waals surface area contributed by atoms with E-state index in [1.807, 2.05) is 34.6 Å². The number of carbonyl (C=O) groups is 1. The summed E-state index contributed by atoms with van der Waals surface area (Å²) in [5.74, 6) is 3.16. The summed E-state index contributed by atoms with van der Waals surface area (Å²) < 4.78 is 5.40. The zero-order chi connectivity index (χ0) is 17.0. The highest BCUT2D eigenvalue weighted by Crippen LogP contribution is 2.10. The largest absolute Gasteiger partial charge is 0.444 e. The lowest BCUT2D eigenvalue weighted by atomic mass is 10.2. The highest BCUT2D eigenvalue weighted by Gasteiger charge is 2.21. The number of aliphatic imine (C=N–C) groups is 1. The summed E-state index contributed by atoms with van der Waals surface area (Å²) in [6.45, 7) is 12.4. The molecule has 0 bridgehead atoms. The Bertz CT molecular complexity index is 400. The van der Waals surface area contributed by atoms with Crippen molar-refractivity contribution in [2.24, 2.45) is 4.99 Å². The second kappa shape index (κ2) is 13.3. The monoisotopic (exact) mass is 438 g/mol. The van der Waals surface area contributed by atoms with Crippen molar-refractivity contribution < 1.29 is 9.53 Å². The average molecular weight is 438 g/mol. The number of hydrogen-bond acceptors (Lipinski definition) is 3. The average Bonchev–Trinajstić information content (AvgIpc) is 2.41. The van der Waals surface area contributed by atoms with Gasteiger partial charge in [-0.3, -0.25) is 4.99 Å². The van der Waals surface area contributed by atoms with Gasteiger partial charge < -0.3 is 20.3 Å². The maximum Gasteiger partial charge on any atom is 0.410 e. The van der Waals surface area contributed by atoms with Gasteiger partial charge in [0.1, 0.15) is 5.60 Å². The molecular weight excluding hydrogens is 407 g/mol. The Morgan fingerprint density at radius 3 is 2.39 bits per heavy atom. The lowest BCUT2D eigenvalue weighted by Crippen LogP contribution is -2.40. The van der Waals surface area contributed by atoms with Gasteiger partial charge in [-0.1, -0.05) is 12.8 Å². The molecule has 0 saturated heterocycles. The van der Waals surface area contributed by atoms with E-state index in [0.717, 1.165) is 13.0 Å². The number of rotatable bonds is 7. The van der Waals surface area contributed by atoms with Gasteiger partial charge in [-0.25, -0.2) is 4.79 Å². The van der Waals surface area contributed by atoms with Crippen LogP contribution in [0.25, 0.3) is 0 Å². The van der Waals surface area contributed by atoms with Gasteiger partial charge in [-0.15, -0.1) is 30.4 Å². The van der Waals surface area contributed by atoms with Gasteiger partial charge in [0, 0.05) is 19.6 Å². The van der Waals surface area contributed by atoms with Crippen molar-refractivity contribution in [3.63, 3.8) is 0 Å². The van der Waals surface area contributed by atoms with Gasteiger partial charge in [0.05, 0.1) is 13.1 Å². The Morgan fingerprint density at radius 1 is 1.26 bits per heavy atom. The van der Waals surface area contributed by atoms with Gasteiger partial charge in [0.15, 0.2) is 5.96 Å². The standard InChI is InChI=1S/C16H30N4O2.HI/c1-7-10-18-14(17-9-3)19-11-13-20(12-8-2)15(21)22-16(4,5)6;/h1H,8-13H2,2-6H3,(H2,17,18,19);1H. The van der Waals surface area contributed by atoms with Crippen molar-refractivity contribution in [2.75, 3.05) is 32.7 Å². The van der Waals surface area contributed by atoms with E-state index in [2.05, 4.69) is 21.5 Å². The molecule has 2 N–H and O–H groups in total. The lowest BCUT2D eigenvalue weighted by Gasteiger charge is -2.26. The molecule has 0 heterocycles. The summed E-state index contributed by atoms with van der Waals surface area (Å²) in [5.41, 5.74) is -0.490. The smallest absolute Gasteiger partial charge is 0.410 e. The van der Waals surface area contributed by atoms with E-state index in [4.69, 9.17) is 11.2 Å². The summed E-state index contributed by atoms with van der Waals surface area (Å²) in [5, 5.41) is 6.11. The van der Waals surface area contributed by atoms with Crippen LogP contribution in [0.5, 0.6) is 0 Å². The molecular formula is C16H31IN4O2. The molecule has 0 spiro atoms. The zero-order valence-corrected chi connectivity index (χ0v) is 17.3. The van der Waals surface area contributed by atoms with Crippen molar-refractivity contribution in [1.29, 1.82) is 0 Å². The van der Waals surface area contributed by atoms with Crippen LogP contribution in [0.3, 0.4) is 0 Å². The molecule has 0 aliphatic carbocycles. The number of hydrogen-bond donors (Lipinski definition) is 2. The molecule has 0 saturated carbocycles. The van der Waals surface area contributed by atoms with Gasteiger partial charge in [0.25, 0.3) is 0 Å². The molecule has 0 fully saturated rings. The minimum Gasteiger partial charge on any atom is -0.444 e. The fourth-order valence-corrected chi connectivity index (χ4v) is 1.65. The quantitative estimate of drug-likeness (QED) is 0.278. The maximum atomic E-state index is 12.1. The van der Waals surface area contributed by atoms with Crippen molar-refractivity contribution in [3.8, 4) is 12.3 Å². The van der Waals surface area contributed by atoms with Crippen LogP contribution in [0.2, 0.25) is 0 Å². The van der Waals surface area contributed by atoms with E-state index >= 15 is 0 Å². The fourth-order valence-electron chi connectivity index (χ4n) is 1.65. The lowest BCUT2D eigenvalue weighted by molar-refractivity contribution is 0.0256. The van der Waals surface area contributed by atoms with Crippen LogP contribution in [-0.2, 0) is 4.74 Å². The normalized spacial score (nSPS) is 11.0. The van der Waals surface area contributed by atoms with E-state index < -0.39 is 5.60 Å². The zero-order valence-electron chi connectivity index (χ0n) is 14.9. The van der Waals surface area contributed by atoms with Crippen LogP contribution in [0.1, 0.15) is 41.0 Å². The Hall–Kier alpha value is -1.17. The summed E-state index contributed by atoms with van der Waals surface area (Å²) in [6.07, 6.45) is 5.80. The van der Waals surface area contributed by atoms with Gasteiger partial charge in [-0.05, 0) is 34.1 Å². The minimum atomic E-state index is -0.490. The van der Waals surface area contributed by atoms with Crippen LogP contribution in [0, 0.1) is 12.3 Å². The van der Waals surface area contributed by atoms with E-state index in [0.29, 0.717) is 32.1 Å². The number of terminal acetylenes is 1. The SMILES string of the molecule is C#CCNC(=NCCN(CCC)C(=O)OC(C)(C)C)NCC.I. The molecule has 0 atom stereocenters. The van der Waals surface area contributed by atoms with Crippen LogP contribution >= 0.6 is 24.0 Å². The van der Waals surface area contributed by atoms with Crippen LogP contribution < -0.4 is 10.6 Å². The molecule has 134 valence electrons. The molecule has 23 heavy (non-hydrogen) atoms. The van der Waals surface area contributed by atoms with Crippen molar-refractivity contribution in [1.82, 2.24) is 15.5 Å². The van der Waals surface area contributed by atoms with Crippen LogP contribution in [-0.4, -0.2) is 55.3 Å². The molecule has 0 aliphatic rings. The van der Waals surface area contributed by atoms with Crippen molar-refractivity contribution in [2.45, 2.75) is 46.6 Å². The summed E-state index contributed by atoms with van der Waals surface area (Å²) >= 11 is 0. The highest BCUT2D eigenvalue weighted by molar-refractivity contribution is 14.0. The first-order valence-electron chi connectivity index (χ1n) is 7.77. The Balaban J connectivity index is 0. The Kier molecular flexibility index (Phi) is 13.9. The topological polar surface area (TPSA) is 66.0 Å². The number of ether oxygens (including phenoxy) is 1. The number of nitrogens with one attached hydrogen (secondary N) is 2. The molecule has 6 nitrogen and oxygen atoms in total. The Morgan fingerprint density at radius 2 is 1.91 bits per heavy atom. The minimum absolute atomic E-state index is 0. The third-order valence-electron chi connectivity index (χ3n) is 2.49. The third kappa shape index (κ3) is 13.0. The molecule has 0 unspecified atom stereocenters. The number of nitrogens with zero attached hydrogens (tertiary/aromatic N) is 2. The van der Waals surface area contributed by atoms with Crippen LogP contribution in [0.15, 0.2) is 4.99 Å². The first-order chi connectivity index (χ1) is 10.3. The molecule has 0 aliphatic heterocycles. The molecule has 0 aromatic rings. The van der Waals surface area contributed by atoms with E-state index in [9.17, 15) is 4.79 Å². The van der Waals surface area contributed by atoms with Crippen molar-refractivity contribution in [3.05, 3.63) is 0 Å². The molecule has 1 amide bonds. The third-order valence-corrected chi connectivity index (χ3v) is 2.49. The predicted octanol–water partition coefficient (Wildman–Crippen LogP) is 2.44. The Labute approximate surface area is 157 Å². The molecule has 0 aromatic carbocycles. The molecule has 0 aromatic heterocycles. The molecule has 0 radical (unpaired) electrons. The summed E-state index contributed by atoms with van der Waals surface area (Å²) in [7, 11) is 0. The summed E-state index contributed by atoms with van der Waals surface area (Å²) in [6, 6.07) is 0. The predicted molar refractivity (Wildman–Crippen MR) is 106 cm³/mol. The number of halogens is 1. The van der Waals surface area contributed by atoms with Gasteiger partial charge in [0.2, 0.25) is 0 Å². The fraction of sp³-hybridized carbons (Fsp3) is 0.750. The number of carbonyl (C=O) groups excluding carboxylic acids is 1. The van der Waals surface area contributed by atoms with Crippen LogP contribution in [0.4, 0.5) is 4.79 Å². The van der Waals surface area contributed by atoms with Gasteiger partial charge >= 0.3 is 6.09 Å². The molecule has 0 rings (SSSR count). The van der Waals surface area contributed by atoms with E-state index in [1.54, 1.807) is 4.90 Å². The second-order valence-corrected chi connectivity index (χ2v) is 5.79. The number of amides is 1.